The molecule has 0 unspecified atom stereocenters. The molecule has 118 valence electrons. The fourth-order valence-corrected chi connectivity index (χ4v) is 2.66. The predicted molar refractivity (Wildman–Crippen MR) is 82.6 cm³/mol. The lowest BCUT2D eigenvalue weighted by Gasteiger charge is -2.26. The number of amides is 2. The Bertz CT molecular complexity index is 484. The second-order valence-electron chi connectivity index (χ2n) is 5.01. The standard InChI is InChI=1S/C14H23N3O3S/c1-4-14(5-2,12(18)19)9-16-13(20)15-7-6-11-8-21-10(3)17-11/h8H,4-7,9H2,1-3H3,(H,18,19)(H2,15,16,20). The van der Waals surface area contributed by atoms with Crippen molar-refractivity contribution < 1.29 is 14.7 Å². The minimum atomic E-state index is -0.886. The number of hydrogen-bond donors (Lipinski definition) is 3. The summed E-state index contributed by atoms with van der Waals surface area (Å²) in [6.07, 6.45) is 1.64. The second-order valence-corrected chi connectivity index (χ2v) is 6.07. The average Bonchev–Trinajstić information content (AvgIpc) is 2.86. The maximum absolute atomic E-state index is 11.7. The van der Waals surface area contributed by atoms with Gasteiger partial charge in [0.1, 0.15) is 0 Å². The van der Waals surface area contributed by atoms with Crippen LogP contribution in [0, 0.1) is 12.3 Å². The zero-order valence-corrected chi connectivity index (χ0v) is 13.5. The first-order chi connectivity index (χ1) is 9.93. The van der Waals surface area contributed by atoms with E-state index in [1.807, 2.05) is 26.2 Å². The molecule has 0 saturated heterocycles. The van der Waals surface area contributed by atoms with Crippen molar-refractivity contribution in [1.82, 2.24) is 15.6 Å². The molecule has 6 nitrogen and oxygen atoms in total. The number of rotatable bonds is 8. The van der Waals surface area contributed by atoms with Crippen molar-refractivity contribution in [2.75, 3.05) is 13.1 Å². The van der Waals surface area contributed by atoms with E-state index >= 15 is 0 Å². The minimum absolute atomic E-state index is 0.136. The van der Waals surface area contributed by atoms with E-state index in [0.29, 0.717) is 25.8 Å². The van der Waals surface area contributed by atoms with Crippen LogP contribution in [0.1, 0.15) is 37.4 Å². The molecule has 0 aliphatic rings. The number of nitrogens with zero attached hydrogens (tertiary/aromatic N) is 1. The highest BCUT2D eigenvalue weighted by molar-refractivity contribution is 7.09. The van der Waals surface area contributed by atoms with Crippen LogP contribution in [0.3, 0.4) is 0 Å². The molecule has 1 aromatic rings. The molecule has 0 bridgehead atoms. The summed E-state index contributed by atoms with van der Waals surface area (Å²) in [5.74, 6) is -0.870. The Morgan fingerprint density at radius 2 is 2.00 bits per heavy atom. The fourth-order valence-electron chi connectivity index (χ4n) is 2.02. The highest BCUT2D eigenvalue weighted by Crippen LogP contribution is 2.25. The molecular formula is C14H23N3O3S. The molecule has 0 aromatic carbocycles. The van der Waals surface area contributed by atoms with E-state index in [1.165, 1.54) is 0 Å². The van der Waals surface area contributed by atoms with Crippen LogP contribution in [0.25, 0.3) is 0 Å². The minimum Gasteiger partial charge on any atom is -0.481 e. The van der Waals surface area contributed by atoms with Gasteiger partial charge in [-0.05, 0) is 19.8 Å². The molecule has 1 rings (SSSR count). The van der Waals surface area contributed by atoms with Crippen LogP contribution in [0.4, 0.5) is 4.79 Å². The van der Waals surface area contributed by atoms with E-state index in [2.05, 4.69) is 15.6 Å². The normalized spacial score (nSPS) is 11.2. The number of hydrogen-bond acceptors (Lipinski definition) is 4. The number of aliphatic carboxylic acids is 1. The third-order valence-electron chi connectivity index (χ3n) is 3.73. The molecule has 1 heterocycles. The zero-order valence-electron chi connectivity index (χ0n) is 12.7. The first kappa shape index (κ1) is 17.4. The van der Waals surface area contributed by atoms with Crippen molar-refractivity contribution in [2.24, 2.45) is 5.41 Å². The lowest BCUT2D eigenvalue weighted by atomic mass is 9.82. The van der Waals surface area contributed by atoms with Crippen molar-refractivity contribution in [3.8, 4) is 0 Å². The number of urea groups is 1. The maximum Gasteiger partial charge on any atom is 0.314 e. The zero-order chi connectivity index (χ0) is 15.9. The molecule has 0 radical (unpaired) electrons. The SMILES string of the molecule is CCC(CC)(CNC(=O)NCCc1csc(C)n1)C(=O)O. The molecule has 1 aromatic heterocycles. The number of carbonyl (C=O) groups excluding carboxylic acids is 1. The maximum atomic E-state index is 11.7. The van der Waals surface area contributed by atoms with Gasteiger partial charge in [-0.1, -0.05) is 13.8 Å². The lowest BCUT2D eigenvalue weighted by Crippen LogP contribution is -2.46. The Morgan fingerprint density at radius 1 is 1.33 bits per heavy atom. The molecule has 0 atom stereocenters. The second kappa shape index (κ2) is 7.97. The van der Waals surface area contributed by atoms with Crippen molar-refractivity contribution in [3.05, 3.63) is 16.1 Å². The molecule has 2 amide bonds. The van der Waals surface area contributed by atoms with Crippen LogP contribution in [0.15, 0.2) is 5.38 Å². The molecule has 3 N–H and O–H groups in total. The van der Waals surface area contributed by atoms with Crippen molar-refractivity contribution in [1.29, 1.82) is 0 Å². The largest absolute Gasteiger partial charge is 0.481 e. The molecule has 0 saturated carbocycles. The molecular weight excluding hydrogens is 290 g/mol. The number of aryl methyl sites for hydroxylation is 1. The van der Waals surface area contributed by atoms with E-state index in [4.69, 9.17) is 0 Å². The van der Waals surface area contributed by atoms with Crippen LogP contribution in [0.2, 0.25) is 0 Å². The number of thiazole rings is 1. The predicted octanol–water partition coefficient (Wildman–Crippen LogP) is 2.18. The van der Waals surface area contributed by atoms with Gasteiger partial charge in [0.05, 0.1) is 16.1 Å². The Balaban J connectivity index is 2.34. The summed E-state index contributed by atoms with van der Waals surface area (Å²) >= 11 is 1.58. The van der Waals surface area contributed by atoms with E-state index in [-0.39, 0.29) is 12.6 Å². The van der Waals surface area contributed by atoms with E-state index in [9.17, 15) is 14.7 Å². The first-order valence-electron chi connectivity index (χ1n) is 7.09. The Kier molecular flexibility index (Phi) is 6.61. The summed E-state index contributed by atoms with van der Waals surface area (Å²) in [4.78, 5) is 27.3. The Labute approximate surface area is 129 Å². The van der Waals surface area contributed by atoms with Gasteiger partial charge in [-0.2, -0.15) is 0 Å². The molecule has 7 heteroatoms. The summed E-state index contributed by atoms with van der Waals surface area (Å²) in [6.45, 7) is 6.20. The highest BCUT2D eigenvalue weighted by atomic mass is 32.1. The van der Waals surface area contributed by atoms with Crippen molar-refractivity contribution in [2.45, 2.75) is 40.0 Å². The van der Waals surface area contributed by atoms with Gasteiger partial charge >= 0.3 is 12.0 Å². The van der Waals surface area contributed by atoms with Crippen LogP contribution in [-0.4, -0.2) is 35.2 Å². The number of aromatic nitrogens is 1. The van der Waals surface area contributed by atoms with Gasteiger partial charge in [-0.15, -0.1) is 11.3 Å². The Hall–Kier alpha value is -1.63. The quantitative estimate of drug-likeness (QED) is 0.686. The van der Waals surface area contributed by atoms with Gasteiger partial charge in [-0.25, -0.2) is 9.78 Å². The van der Waals surface area contributed by atoms with Gasteiger partial charge in [0.2, 0.25) is 0 Å². The van der Waals surface area contributed by atoms with Gasteiger partial charge in [0.25, 0.3) is 0 Å². The molecule has 21 heavy (non-hydrogen) atoms. The first-order valence-corrected chi connectivity index (χ1v) is 7.97. The van der Waals surface area contributed by atoms with Crippen LogP contribution in [-0.2, 0) is 11.2 Å². The van der Waals surface area contributed by atoms with Gasteiger partial charge in [0.15, 0.2) is 0 Å². The smallest absolute Gasteiger partial charge is 0.314 e. The highest BCUT2D eigenvalue weighted by Gasteiger charge is 2.35. The van der Waals surface area contributed by atoms with E-state index in [0.717, 1.165) is 10.7 Å². The Morgan fingerprint density at radius 3 is 2.48 bits per heavy atom. The average molecular weight is 313 g/mol. The topological polar surface area (TPSA) is 91.3 Å². The van der Waals surface area contributed by atoms with Gasteiger partial charge in [-0.3, -0.25) is 4.79 Å². The fraction of sp³-hybridized carbons (Fsp3) is 0.643. The van der Waals surface area contributed by atoms with Crippen molar-refractivity contribution >= 4 is 23.3 Å². The lowest BCUT2D eigenvalue weighted by molar-refractivity contribution is -0.149. The third-order valence-corrected chi connectivity index (χ3v) is 4.55. The number of carboxylic acid groups (broad SMARTS) is 1. The molecule has 0 aliphatic heterocycles. The summed E-state index contributed by atoms with van der Waals surface area (Å²) in [6, 6.07) is -0.338. The van der Waals surface area contributed by atoms with Crippen LogP contribution in [0.5, 0.6) is 0 Å². The molecule has 0 spiro atoms. The summed E-state index contributed by atoms with van der Waals surface area (Å²) in [7, 11) is 0. The molecule has 0 aliphatic carbocycles. The summed E-state index contributed by atoms with van der Waals surface area (Å²) in [5.41, 5.74) is 0.0726. The number of carbonyl (C=O) groups is 2. The van der Waals surface area contributed by atoms with Crippen molar-refractivity contribution in [3.63, 3.8) is 0 Å². The van der Waals surface area contributed by atoms with Crippen LogP contribution < -0.4 is 10.6 Å². The monoisotopic (exact) mass is 313 g/mol. The van der Waals surface area contributed by atoms with Gasteiger partial charge < -0.3 is 15.7 Å². The van der Waals surface area contributed by atoms with Gasteiger partial charge in [0, 0.05) is 24.9 Å². The third kappa shape index (κ3) is 5.00. The van der Waals surface area contributed by atoms with E-state index in [1.54, 1.807) is 11.3 Å². The number of nitrogens with one attached hydrogen (secondary N) is 2. The molecule has 0 fully saturated rings. The summed E-state index contributed by atoms with van der Waals surface area (Å²) in [5, 5.41) is 17.6. The van der Waals surface area contributed by atoms with E-state index < -0.39 is 11.4 Å². The van der Waals surface area contributed by atoms with Crippen LogP contribution >= 0.6 is 11.3 Å². The summed E-state index contributed by atoms with van der Waals surface area (Å²) < 4.78 is 0. The number of carboxylic acids is 1.